The molecule has 1 saturated heterocycles. The van der Waals surface area contributed by atoms with E-state index >= 15 is 0 Å². The molecule has 0 bridgehead atoms. The minimum Gasteiger partial charge on any atom is -0.492 e. The summed E-state index contributed by atoms with van der Waals surface area (Å²) in [4.78, 5) is 26.9. The van der Waals surface area contributed by atoms with E-state index in [4.69, 9.17) is 4.74 Å². The topological polar surface area (TPSA) is 58.6 Å². The normalized spacial score (nSPS) is 19.1. The molecule has 3 aromatic carbocycles. The zero-order chi connectivity index (χ0) is 19.7. The molecule has 1 heterocycles. The molecular formula is C22H19BrN2O3. The van der Waals surface area contributed by atoms with E-state index in [0.717, 1.165) is 20.8 Å². The lowest BCUT2D eigenvalue weighted by molar-refractivity contribution is -0.131. The second-order valence-electron chi connectivity index (χ2n) is 6.84. The molecule has 4 rings (SSSR count). The zero-order valence-corrected chi connectivity index (χ0v) is 16.9. The van der Waals surface area contributed by atoms with Gasteiger partial charge in [0.05, 0.1) is 6.54 Å². The van der Waals surface area contributed by atoms with Gasteiger partial charge >= 0.3 is 6.03 Å². The first-order valence-corrected chi connectivity index (χ1v) is 9.79. The Balaban J connectivity index is 1.54. The summed E-state index contributed by atoms with van der Waals surface area (Å²) in [5.74, 6) is 0.407. The smallest absolute Gasteiger partial charge is 0.325 e. The summed E-state index contributed by atoms with van der Waals surface area (Å²) in [6.45, 7) is 2.16. The van der Waals surface area contributed by atoms with Gasteiger partial charge in [-0.3, -0.25) is 9.69 Å². The number of nitrogens with one attached hydrogen (secondary N) is 1. The minimum absolute atomic E-state index is 0.178. The van der Waals surface area contributed by atoms with E-state index in [1.165, 1.54) is 4.90 Å². The fourth-order valence-electron chi connectivity index (χ4n) is 3.56. The number of urea groups is 1. The number of carbonyl (C=O) groups is 2. The Morgan fingerprint density at radius 2 is 1.79 bits per heavy atom. The molecule has 1 aliphatic heterocycles. The molecule has 1 unspecified atom stereocenters. The molecule has 28 heavy (non-hydrogen) atoms. The minimum atomic E-state index is -1.10. The monoisotopic (exact) mass is 438 g/mol. The first kappa shape index (κ1) is 18.5. The third kappa shape index (κ3) is 3.24. The van der Waals surface area contributed by atoms with Gasteiger partial charge in [-0.2, -0.15) is 0 Å². The van der Waals surface area contributed by atoms with Crippen molar-refractivity contribution in [2.24, 2.45) is 0 Å². The molecule has 5 nitrogen and oxygen atoms in total. The fraction of sp³-hybridized carbons (Fsp3) is 0.182. The van der Waals surface area contributed by atoms with E-state index in [1.807, 2.05) is 66.7 Å². The number of amides is 3. The summed E-state index contributed by atoms with van der Waals surface area (Å²) < 4.78 is 6.59. The van der Waals surface area contributed by atoms with Crippen LogP contribution in [-0.4, -0.2) is 30.0 Å². The Labute approximate surface area is 171 Å². The van der Waals surface area contributed by atoms with Gasteiger partial charge in [-0.15, -0.1) is 0 Å². The van der Waals surface area contributed by atoms with Crippen molar-refractivity contribution in [3.8, 4) is 5.75 Å². The highest BCUT2D eigenvalue weighted by Crippen LogP contribution is 2.33. The number of rotatable bonds is 5. The van der Waals surface area contributed by atoms with Crippen LogP contribution in [0, 0.1) is 0 Å². The quantitative estimate of drug-likeness (QED) is 0.598. The van der Waals surface area contributed by atoms with Crippen LogP contribution in [0.15, 0.2) is 71.2 Å². The van der Waals surface area contributed by atoms with Gasteiger partial charge < -0.3 is 10.1 Å². The van der Waals surface area contributed by atoms with Gasteiger partial charge in [-0.05, 0) is 41.5 Å². The van der Waals surface area contributed by atoms with Gasteiger partial charge in [0.25, 0.3) is 5.91 Å². The standard InChI is InChI=1S/C22H19BrN2O3/c1-22(19-11-4-7-15-6-2-3-10-18(15)19)20(26)25(21(27)24-22)12-13-28-17-9-5-8-16(23)14-17/h2-11,14H,12-13H2,1H3,(H,24,27). The Morgan fingerprint density at radius 3 is 2.61 bits per heavy atom. The van der Waals surface area contributed by atoms with Crippen LogP contribution < -0.4 is 10.1 Å². The largest absolute Gasteiger partial charge is 0.492 e. The van der Waals surface area contributed by atoms with Crippen molar-refractivity contribution in [3.63, 3.8) is 0 Å². The zero-order valence-electron chi connectivity index (χ0n) is 15.3. The summed E-state index contributed by atoms with van der Waals surface area (Å²) in [6, 6.07) is 20.7. The Morgan fingerprint density at radius 1 is 1.04 bits per heavy atom. The number of carbonyl (C=O) groups excluding carboxylic acids is 2. The van der Waals surface area contributed by atoms with E-state index < -0.39 is 11.6 Å². The molecule has 0 aliphatic carbocycles. The Hall–Kier alpha value is -2.86. The molecule has 1 aliphatic rings. The third-order valence-corrected chi connectivity index (χ3v) is 5.48. The maximum Gasteiger partial charge on any atom is 0.325 e. The Bertz CT molecular complexity index is 1060. The predicted octanol–water partition coefficient (Wildman–Crippen LogP) is 4.45. The number of nitrogens with zero attached hydrogens (tertiary/aromatic N) is 1. The molecule has 0 radical (unpaired) electrons. The highest BCUT2D eigenvalue weighted by Gasteiger charge is 2.49. The molecule has 1 N–H and O–H groups in total. The fourth-order valence-corrected chi connectivity index (χ4v) is 3.93. The summed E-state index contributed by atoms with van der Waals surface area (Å²) >= 11 is 3.39. The van der Waals surface area contributed by atoms with Gasteiger partial charge in [0.1, 0.15) is 17.9 Å². The number of hydrogen-bond acceptors (Lipinski definition) is 3. The van der Waals surface area contributed by atoms with Crippen molar-refractivity contribution in [3.05, 3.63) is 76.8 Å². The highest BCUT2D eigenvalue weighted by atomic mass is 79.9. The average Bonchev–Trinajstić information content (AvgIpc) is 2.91. The van der Waals surface area contributed by atoms with E-state index in [1.54, 1.807) is 6.92 Å². The summed E-state index contributed by atoms with van der Waals surface area (Å²) in [6.07, 6.45) is 0. The third-order valence-electron chi connectivity index (χ3n) is 4.98. The lowest BCUT2D eigenvalue weighted by atomic mass is 9.88. The maximum atomic E-state index is 13.2. The van der Waals surface area contributed by atoms with Crippen molar-refractivity contribution >= 4 is 38.6 Å². The molecule has 0 spiro atoms. The van der Waals surface area contributed by atoms with E-state index in [0.29, 0.717) is 5.75 Å². The molecule has 0 saturated carbocycles. The van der Waals surface area contributed by atoms with Crippen molar-refractivity contribution < 1.29 is 14.3 Å². The lowest BCUT2D eigenvalue weighted by Gasteiger charge is -2.24. The molecule has 1 fully saturated rings. The van der Waals surface area contributed by atoms with Gasteiger partial charge in [-0.1, -0.05) is 64.5 Å². The molecule has 1 atom stereocenters. The number of ether oxygens (including phenoxy) is 1. The highest BCUT2D eigenvalue weighted by molar-refractivity contribution is 9.10. The molecule has 3 aromatic rings. The second-order valence-corrected chi connectivity index (χ2v) is 7.76. The van der Waals surface area contributed by atoms with Crippen LogP contribution in [0.2, 0.25) is 0 Å². The van der Waals surface area contributed by atoms with Crippen molar-refractivity contribution in [2.45, 2.75) is 12.5 Å². The number of benzene rings is 3. The molecular weight excluding hydrogens is 420 g/mol. The van der Waals surface area contributed by atoms with E-state index in [2.05, 4.69) is 21.2 Å². The van der Waals surface area contributed by atoms with Crippen LogP contribution in [0.1, 0.15) is 12.5 Å². The maximum absolute atomic E-state index is 13.2. The first-order valence-electron chi connectivity index (χ1n) is 9.00. The van der Waals surface area contributed by atoms with Crippen molar-refractivity contribution in [2.75, 3.05) is 13.2 Å². The molecule has 6 heteroatoms. The van der Waals surface area contributed by atoms with E-state index in [9.17, 15) is 9.59 Å². The number of halogens is 1. The van der Waals surface area contributed by atoms with Gasteiger partial charge in [0.2, 0.25) is 0 Å². The van der Waals surface area contributed by atoms with Crippen LogP contribution in [-0.2, 0) is 10.3 Å². The molecule has 142 valence electrons. The van der Waals surface area contributed by atoms with E-state index in [-0.39, 0.29) is 19.1 Å². The SMILES string of the molecule is CC1(c2cccc3ccccc23)NC(=O)N(CCOc2cccc(Br)c2)C1=O. The lowest BCUT2D eigenvalue weighted by Crippen LogP contribution is -2.41. The van der Waals surface area contributed by atoms with Crippen LogP contribution >= 0.6 is 15.9 Å². The van der Waals surface area contributed by atoms with Crippen molar-refractivity contribution in [1.29, 1.82) is 0 Å². The summed E-state index contributed by atoms with van der Waals surface area (Å²) in [7, 11) is 0. The van der Waals surface area contributed by atoms with Crippen molar-refractivity contribution in [1.82, 2.24) is 10.2 Å². The van der Waals surface area contributed by atoms with Crippen LogP contribution in [0.3, 0.4) is 0 Å². The average molecular weight is 439 g/mol. The first-order chi connectivity index (χ1) is 13.5. The number of hydrogen-bond donors (Lipinski definition) is 1. The number of imide groups is 1. The summed E-state index contributed by atoms with van der Waals surface area (Å²) in [5.41, 5.74) is -0.312. The van der Waals surface area contributed by atoms with Crippen LogP contribution in [0.5, 0.6) is 5.75 Å². The van der Waals surface area contributed by atoms with Gasteiger partial charge in [0, 0.05) is 4.47 Å². The van der Waals surface area contributed by atoms with Gasteiger partial charge in [0.15, 0.2) is 0 Å². The Kier molecular flexibility index (Phi) is 4.81. The van der Waals surface area contributed by atoms with Crippen LogP contribution in [0.25, 0.3) is 10.8 Å². The molecule has 3 amide bonds. The summed E-state index contributed by atoms with van der Waals surface area (Å²) in [5, 5.41) is 4.85. The van der Waals surface area contributed by atoms with Crippen LogP contribution in [0.4, 0.5) is 4.79 Å². The van der Waals surface area contributed by atoms with Gasteiger partial charge in [-0.25, -0.2) is 4.79 Å². The predicted molar refractivity (Wildman–Crippen MR) is 111 cm³/mol. The second kappa shape index (κ2) is 7.28. The number of fused-ring (bicyclic) bond motifs is 1. The molecule has 0 aromatic heterocycles.